The van der Waals surface area contributed by atoms with Crippen LogP contribution in [0.15, 0.2) is 35.4 Å². The molecule has 10 heteroatoms. The molecule has 0 unspecified atom stereocenters. The van der Waals surface area contributed by atoms with E-state index in [1.165, 1.54) is 31.5 Å². The number of carboxylic acid groups (broad SMARTS) is 1. The van der Waals surface area contributed by atoms with Crippen LogP contribution in [0.4, 0.5) is 5.69 Å². The number of hydrogen-bond donors (Lipinski definition) is 3. The van der Waals surface area contributed by atoms with Crippen molar-refractivity contribution in [2.45, 2.75) is 10.6 Å². The quantitative estimate of drug-likeness (QED) is 0.657. The Morgan fingerprint density at radius 2 is 2.12 bits per heavy atom. The number of thiol groups is 1. The monoisotopic (exact) mass is 388 g/mol. The molecule has 0 amide bonds. The second-order valence-corrected chi connectivity index (χ2v) is 7.02. The van der Waals surface area contributed by atoms with Crippen molar-refractivity contribution >= 4 is 45.9 Å². The van der Waals surface area contributed by atoms with E-state index in [-0.39, 0.29) is 27.0 Å². The first-order valence-electron chi connectivity index (χ1n) is 6.48. The van der Waals surface area contributed by atoms with Gasteiger partial charge in [0.15, 0.2) is 0 Å². The van der Waals surface area contributed by atoms with Gasteiger partial charge in [0.05, 0.1) is 22.6 Å². The number of nitrogens with one attached hydrogen (secondary N) is 1. The van der Waals surface area contributed by atoms with Crippen LogP contribution < -0.4 is 9.46 Å². The molecule has 2 rings (SSSR count). The Morgan fingerprint density at radius 1 is 1.42 bits per heavy atom. The highest BCUT2D eigenvalue weighted by atomic mass is 35.5. The SMILES string of the molecule is COc1ncc(CS)cc1NS(=O)(=O)c1ccc(Cl)c(C(=O)O)c1. The van der Waals surface area contributed by atoms with Crippen molar-refractivity contribution in [3.63, 3.8) is 0 Å². The van der Waals surface area contributed by atoms with Crippen molar-refractivity contribution in [1.82, 2.24) is 4.98 Å². The van der Waals surface area contributed by atoms with Crippen LogP contribution >= 0.6 is 24.2 Å². The van der Waals surface area contributed by atoms with Gasteiger partial charge < -0.3 is 9.84 Å². The lowest BCUT2D eigenvalue weighted by Gasteiger charge is -2.12. The standard InChI is InChI=1S/C14H13ClN2O5S2/c1-22-13-12(4-8(7-23)6-16-13)17-24(20,21)9-2-3-11(15)10(5-9)14(18)19/h2-6,17,23H,7H2,1H3,(H,18,19). The highest BCUT2D eigenvalue weighted by molar-refractivity contribution is 7.92. The number of hydrogen-bond acceptors (Lipinski definition) is 6. The molecule has 0 aliphatic carbocycles. The van der Waals surface area contributed by atoms with Crippen molar-refractivity contribution in [2.24, 2.45) is 0 Å². The minimum atomic E-state index is -4.06. The number of carbonyl (C=O) groups is 1. The zero-order valence-electron chi connectivity index (χ0n) is 12.4. The van der Waals surface area contributed by atoms with Gasteiger partial charge in [0, 0.05) is 11.9 Å². The van der Waals surface area contributed by atoms with Gasteiger partial charge >= 0.3 is 5.97 Å². The second kappa shape index (κ2) is 7.29. The Morgan fingerprint density at radius 3 is 2.71 bits per heavy atom. The molecule has 0 saturated carbocycles. The number of benzene rings is 1. The molecule has 128 valence electrons. The molecule has 1 heterocycles. The van der Waals surface area contributed by atoms with E-state index in [1.54, 1.807) is 0 Å². The maximum absolute atomic E-state index is 12.5. The van der Waals surface area contributed by atoms with Crippen molar-refractivity contribution in [2.75, 3.05) is 11.8 Å². The third-order valence-corrected chi connectivity index (χ3v) is 5.06. The zero-order valence-corrected chi connectivity index (χ0v) is 14.8. The predicted molar refractivity (Wildman–Crippen MR) is 92.7 cm³/mol. The third-order valence-electron chi connectivity index (χ3n) is 3.01. The summed E-state index contributed by atoms with van der Waals surface area (Å²) < 4.78 is 32.4. The lowest BCUT2D eigenvalue weighted by Crippen LogP contribution is -2.15. The number of nitrogens with zero attached hydrogens (tertiary/aromatic N) is 1. The number of ether oxygens (including phenoxy) is 1. The Kier molecular flexibility index (Phi) is 5.58. The third kappa shape index (κ3) is 3.92. The van der Waals surface area contributed by atoms with Gasteiger partial charge in [0.1, 0.15) is 5.69 Å². The topological polar surface area (TPSA) is 106 Å². The smallest absolute Gasteiger partial charge is 0.337 e. The summed E-state index contributed by atoms with van der Waals surface area (Å²) in [5.41, 5.74) is 0.490. The average Bonchev–Trinajstić information content (AvgIpc) is 2.54. The summed E-state index contributed by atoms with van der Waals surface area (Å²) in [6.45, 7) is 0. The van der Waals surface area contributed by atoms with Crippen LogP contribution in [0.1, 0.15) is 15.9 Å². The van der Waals surface area contributed by atoms with Crippen LogP contribution in [0.25, 0.3) is 0 Å². The molecule has 1 aromatic heterocycles. The van der Waals surface area contributed by atoms with Gasteiger partial charge in [0.2, 0.25) is 5.88 Å². The fourth-order valence-electron chi connectivity index (χ4n) is 1.86. The number of pyridine rings is 1. The van der Waals surface area contributed by atoms with E-state index in [2.05, 4.69) is 22.3 Å². The summed E-state index contributed by atoms with van der Waals surface area (Å²) in [6.07, 6.45) is 1.51. The molecule has 7 nitrogen and oxygen atoms in total. The first-order chi connectivity index (χ1) is 11.3. The summed E-state index contributed by atoms with van der Waals surface area (Å²) in [6, 6.07) is 4.93. The lowest BCUT2D eigenvalue weighted by molar-refractivity contribution is 0.0697. The molecule has 0 aliphatic rings. The molecule has 0 atom stereocenters. The van der Waals surface area contributed by atoms with E-state index in [4.69, 9.17) is 21.4 Å². The van der Waals surface area contributed by atoms with Crippen molar-refractivity contribution in [1.29, 1.82) is 0 Å². The fourth-order valence-corrected chi connectivity index (χ4v) is 3.30. The zero-order chi connectivity index (χ0) is 17.9. The number of methoxy groups -OCH3 is 1. The molecule has 0 saturated heterocycles. The largest absolute Gasteiger partial charge is 0.480 e. The Labute approximate surface area is 149 Å². The summed E-state index contributed by atoms with van der Waals surface area (Å²) >= 11 is 9.87. The van der Waals surface area contributed by atoms with Gasteiger partial charge in [-0.15, -0.1) is 0 Å². The molecule has 1 aromatic carbocycles. The van der Waals surface area contributed by atoms with E-state index in [9.17, 15) is 13.2 Å². The van der Waals surface area contributed by atoms with Crippen LogP contribution in [0.3, 0.4) is 0 Å². The molecule has 0 bridgehead atoms. The summed E-state index contributed by atoms with van der Waals surface area (Å²) in [5, 5.41) is 9.00. The van der Waals surface area contributed by atoms with Gasteiger partial charge in [-0.05, 0) is 29.8 Å². The first-order valence-corrected chi connectivity index (χ1v) is 8.97. The van der Waals surface area contributed by atoms with E-state index in [0.717, 1.165) is 6.07 Å². The number of carboxylic acids is 1. The summed E-state index contributed by atoms with van der Waals surface area (Å²) in [5.74, 6) is -0.888. The second-order valence-electron chi connectivity index (χ2n) is 4.61. The number of halogens is 1. The van der Waals surface area contributed by atoms with Crippen LogP contribution in [-0.4, -0.2) is 31.6 Å². The van der Waals surface area contributed by atoms with Crippen LogP contribution in [0, 0.1) is 0 Å². The normalized spacial score (nSPS) is 11.1. The Bertz CT molecular complexity index is 887. The molecule has 0 spiro atoms. The first kappa shape index (κ1) is 18.4. The highest BCUT2D eigenvalue weighted by Gasteiger charge is 2.20. The number of sulfonamides is 1. The maximum Gasteiger partial charge on any atom is 0.337 e. The van der Waals surface area contributed by atoms with E-state index in [1.807, 2.05) is 0 Å². The van der Waals surface area contributed by atoms with Gasteiger partial charge in [-0.3, -0.25) is 4.72 Å². The van der Waals surface area contributed by atoms with Crippen molar-refractivity contribution in [3.05, 3.63) is 46.6 Å². The van der Waals surface area contributed by atoms with Crippen LogP contribution in [0.5, 0.6) is 5.88 Å². The molecular formula is C14H13ClN2O5S2. The number of rotatable bonds is 6. The number of anilines is 1. The van der Waals surface area contributed by atoms with Gasteiger partial charge in [-0.2, -0.15) is 12.6 Å². The summed E-state index contributed by atoms with van der Waals surface area (Å²) in [4.78, 5) is 14.8. The molecule has 0 radical (unpaired) electrons. The molecule has 0 aliphatic heterocycles. The predicted octanol–water partition coefficient (Wildman–Crippen LogP) is 2.67. The van der Waals surface area contributed by atoms with Gasteiger partial charge in [-0.25, -0.2) is 18.2 Å². The van der Waals surface area contributed by atoms with E-state index < -0.39 is 16.0 Å². The maximum atomic E-state index is 12.5. The van der Waals surface area contributed by atoms with Gasteiger partial charge in [-0.1, -0.05) is 11.6 Å². The van der Waals surface area contributed by atoms with Crippen LogP contribution in [-0.2, 0) is 15.8 Å². The summed E-state index contributed by atoms with van der Waals surface area (Å²) in [7, 11) is -2.71. The van der Waals surface area contributed by atoms with Gasteiger partial charge in [0.25, 0.3) is 10.0 Å². The number of aromatic nitrogens is 1. The van der Waals surface area contributed by atoms with Crippen molar-refractivity contribution < 1.29 is 23.1 Å². The molecule has 24 heavy (non-hydrogen) atoms. The lowest BCUT2D eigenvalue weighted by atomic mass is 10.2. The van der Waals surface area contributed by atoms with Crippen LogP contribution in [0.2, 0.25) is 5.02 Å². The minimum absolute atomic E-state index is 0.0576. The number of aromatic carboxylic acids is 1. The highest BCUT2D eigenvalue weighted by Crippen LogP contribution is 2.27. The molecule has 0 fully saturated rings. The van der Waals surface area contributed by atoms with E-state index in [0.29, 0.717) is 11.3 Å². The minimum Gasteiger partial charge on any atom is -0.480 e. The fraction of sp³-hybridized carbons (Fsp3) is 0.143. The van der Waals surface area contributed by atoms with Crippen molar-refractivity contribution in [3.8, 4) is 5.88 Å². The molecule has 2 aromatic rings. The Balaban J connectivity index is 2.46. The van der Waals surface area contributed by atoms with E-state index >= 15 is 0 Å². The average molecular weight is 389 g/mol. The molecule has 2 N–H and O–H groups in total. The Hall–Kier alpha value is -1.97. The molecular weight excluding hydrogens is 376 g/mol.